The topological polar surface area (TPSA) is 47.9 Å². The molecule has 5 heteroatoms. The van der Waals surface area contributed by atoms with Gasteiger partial charge in [-0.1, -0.05) is 12.1 Å². The molecule has 1 aromatic carbocycles. The zero-order chi connectivity index (χ0) is 13.4. The molecule has 0 saturated carbocycles. The molecule has 1 heterocycles. The number of isocyanates is 1. The van der Waals surface area contributed by atoms with Crippen LogP contribution in [0.1, 0.15) is 27.7 Å². The lowest BCUT2D eigenvalue weighted by atomic mass is 9.79. The minimum atomic E-state index is -0.434. The molecular formula is C13H16BNO3. The Balaban J connectivity index is 2.29. The molecule has 94 valence electrons. The van der Waals surface area contributed by atoms with Gasteiger partial charge in [0.2, 0.25) is 6.08 Å². The maximum Gasteiger partial charge on any atom is 0.494 e. The van der Waals surface area contributed by atoms with E-state index in [0.29, 0.717) is 5.69 Å². The molecule has 0 spiro atoms. The second-order valence-corrected chi connectivity index (χ2v) is 5.39. The zero-order valence-corrected chi connectivity index (χ0v) is 11.1. The van der Waals surface area contributed by atoms with Gasteiger partial charge in [0.25, 0.3) is 0 Å². The molecule has 0 atom stereocenters. The molecule has 1 aliphatic heterocycles. The second-order valence-electron chi connectivity index (χ2n) is 5.39. The third kappa shape index (κ3) is 2.25. The van der Waals surface area contributed by atoms with Crippen LogP contribution in [0.3, 0.4) is 0 Å². The molecular weight excluding hydrogens is 229 g/mol. The van der Waals surface area contributed by atoms with E-state index in [1.165, 1.54) is 6.08 Å². The first-order valence-electron chi connectivity index (χ1n) is 5.89. The van der Waals surface area contributed by atoms with Crippen LogP contribution in [-0.2, 0) is 14.1 Å². The first-order chi connectivity index (χ1) is 8.36. The summed E-state index contributed by atoms with van der Waals surface area (Å²) >= 11 is 0. The Morgan fingerprint density at radius 3 is 2.33 bits per heavy atom. The number of aliphatic imine (C=N–C) groups is 1. The van der Waals surface area contributed by atoms with E-state index in [2.05, 4.69) is 4.99 Å². The van der Waals surface area contributed by atoms with Crippen molar-refractivity contribution in [1.29, 1.82) is 0 Å². The lowest BCUT2D eigenvalue weighted by Crippen LogP contribution is -2.41. The Morgan fingerprint density at radius 2 is 1.78 bits per heavy atom. The Hall–Kier alpha value is -1.42. The molecule has 1 saturated heterocycles. The Kier molecular flexibility index (Phi) is 3.15. The highest BCUT2D eigenvalue weighted by Crippen LogP contribution is 2.36. The van der Waals surface area contributed by atoms with Crippen molar-refractivity contribution in [2.75, 3.05) is 0 Å². The van der Waals surface area contributed by atoms with Crippen LogP contribution in [0.15, 0.2) is 29.3 Å². The second kappa shape index (κ2) is 4.36. The Morgan fingerprint density at radius 1 is 1.17 bits per heavy atom. The predicted octanol–water partition coefficient (Wildman–Crippen LogP) is 1.95. The minimum Gasteiger partial charge on any atom is -0.399 e. The van der Waals surface area contributed by atoms with Crippen LogP contribution in [0, 0.1) is 0 Å². The van der Waals surface area contributed by atoms with Crippen LogP contribution in [0.4, 0.5) is 5.69 Å². The summed E-state index contributed by atoms with van der Waals surface area (Å²) in [6, 6.07) is 7.22. The molecule has 0 amide bonds. The molecule has 2 rings (SSSR count). The van der Waals surface area contributed by atoms with Gasteiger partial charge < -0.3 is 9.31 Å². The summed E-state index contributed by atoms with van der Waals surface area (Å²) in [7, 11) is -0.434. The van der Waals surface area contributed by atoms with Gasteiger partial charge in [-0.15, -0.1) is 0 Å². The molecule has 0 aromatic heterocycles. The zero-order valence-electron chi connectivity index (χ0n) is 11.1. The quantitative estimate of drug-likeness (QED) is 0.454. The Bertz CT molecular complexity index is 491. The van der Waals surface area contributed by atoms with Gasteiger partial charge in [-0.25, -0.2) is 4.79 Å². The van der Waals surface area contributed by atoms with E-state index < -0.39 is 7.12 Å². The number of benzene rings is 1. The fourth-order valence-corrected chi connectivity index (χ4v) is 1.77. The molecule has 0 N–H and O–H groups in total. The normalized spacial score (nSPS) is 20.6. The van der Waals surface area contributed by atoms with Gasteiger partial charge >= 0.3 is 7.12 Å². The van der Waals surface area contributed by atoms with Gasteiger partial charge in [-0.05, 0) is 45.3 Å². The Labute approximate surface area is 107 Å². The first-order valence-corrected chi connectivity index (χ1v) is 5.89. The van der Waals surface area contributed by atoms with Gasteiger partial charge in [-0.2, -0.15) is 4.99 Å². The van der Waals surface area contributed by atoms with Crippen molar-refractivity contribution in [2.24, 2.45) is 4.99 Å². The largest absolute Gasteiger partial charge is 0.494 e. The van der Waals surface area contributed by atoms with Crippen molar-refractivity contribution in [2.45, 2.75) is 38.9 Å². The van der Waals surface area contributed by atoms with Crippen LogP contribution in [0.25, 0.3) is 0 Å². The lowest BCUT2D eigenvalue weighted by Gasteiger charge is -2.32. The van der Waals surface area contributed by atoms with Crippen molar-refractivity contribution in [3.05, 3.63) is 24.3 Å². The molecule has 0 unspecified atom stereocenters. The molecule has 0 bridgehead atoms. The predicted molar refractivity (Wildman–Crippen MR) is 69.9 cm³/mol. The van der Waals surface area contributed by atoms with Crippen LogP contribution in [0.5, 0.6) is 0 Å². The fourth-order valence-electron chi connectivity index (χ4n) is 1.77. The van der Waals surface area contributed by atoms with Crippen molar-refractivity contribution >= 4 is 24.3 Å². The summed E-state index contributed by atoms with van der Waals surface area (Å²) < 4.78 is 11.8. The van der Waals surface area contributed by atoms with E-state index in [4.69, 9.17) is 9.31 Å². The maximum atomic E-state index is 10.3. The highest BCUT2D eigenvalue weighted by atomic mass is 16.7. The molecule has 1 fully saturated rings. The van der Waals surface area contributed by atoms with E-state index in [-0.39, 0.29) is 11.2 Å². The number of carbonyl (C=O) groups excluding carboxylic acids is 1. The summed E-state index contributed by atoms with van der Waals surface area (Å²) in [6.45, 7) is 8.00. The third-order valence-corrected chi connectivity index (χ3v) is 3.57. The number of hydrogen-bond acceptors (Lipinski definition) is 4. The summed E-state index contributed by atoms with van der Waals surface area (Å²) in [4.78, 5) is 13.9. The van der Waals surface area contributed by atoms with E-state index in [9.17, 15) is 4.79 Å². The summed E-state index contributed by atoms with van der Waals surface area (Å²) in [5.74, 6) is 0. The third-order valence-electron chi connectivity index (χ3n) is 3.57. The van der Waals surface area contributed by atoms with E-state index in [0.717, 1.165) is 5.46 Å². The average molecular weight is 245 g/mol. The number of hydrogen-bond donors (Lipinski definition) is 0. The molecule has 1 aromatic rings. The summed E-state index contributed by atoms with van der Waals surface area (Å²) in [6.07, 6.45) is 1.53. The molecule has 1 aliphatic rings. The molecule has 0 aliphatic carbocycles. The lowest BCUT2D eigenvalue weighted by molar-refractivity contribution is 0.00578. The van der Waals surface area contributed by atoms with Crippen LogP contribution in [-0.4, -0.2) is 24.4 Å². The van der Waals surface area contributed by atoms with Gasteiger partial charge in [0.05, 0.1) is 16.9 Å². The monoisotopic (exact) mass is 245 g/mol. The standard InChI is InChI=1S/C13H16BNO3/c1-12(2)13(3,4)18-14(17-12)10-6-5-7-11(8-10)15-9-16/h5-8H,1-4H3. The summed E-state index contributed by atoms with van der Waals surface area (Å²) in [5, 5.41) is 0. The van der Waals surface area contributed by atoms with E-state index >= 15 is 0 Å². The van der Waals surface area contributed by atoms with Crippen molar-refractivity contribution in [3.8, 4) is 0 Å². The number of rotatable bonds is 2. The van der Waals surface area contributed by atoms with Gasteiger partial charge in [0.1, 0.15) is 0 Å². The first kappa shape index (κ1) is 13.0. The average Bonchev–Trinajstić information content (AvgIpc) is 2.49. The fraction of sp³-hybridized carbons (Fsp3) is 0.462. The minimum absolute atomic E-state index is 0.373. The summed E-state index contributed by atoms with van der Waals surface area (Å²) in [5.41, 5.74) is 0.658. The van der Waals surface area contributed by atoms with Crippen LogP contribution in [0.2, 0.25) is 0 Å². The maximum absolute atomic E-state index is 10.3. The number of nitrogens with zero attached hydrogens (tertiary/aromatic N) is 1. The van der Waals surface area contributed by atoms with Crippen molar-refractivity contribution in [3.63, 3.8) is 0 Å². The van der Waals surface area contributed by atoms with Crippen molar-refractivity contribution in [1.82, 2.24) is 0 Å². The van der Waals surface area contributed by atoms with Crippen LogP contribution >= 0.6 is 0 Å². The van der Waals surface area contributed by atoms with Gasteiger partial charge in [0.15, 0.2) is 0 Å². The SMILES string of the molecule is CC1(C)OB(c2cccc(N=C=O)c2)OC1(C)C. The van der Waals surface area contributed by atoms with Crippen LogP contribution < -0.4 is 5.46 Å². The molecule has 0 radical (unpaired) electrons. The highest BCUT2D eigenvalue weighted by molar-refractivity contribution is 6.62. The van der Waals surface area contributed by atoms with E-state index in [1.807, 2.05) is 39.8 Å². The van der Waals surface area contributed by atoms with Gasteiger partial charge in [-0.3, -0.25) is 0 Å². The highest BCUT2D eigenvalue weighted by Gasteiger charge is 2.51. The van der Waals surface area contributed by atoms with Gasteiger partial charge in [0, 0.05) is 0 Å². The molecule has 18 heavy (non-hydrogen) atoms. The molecule has 4 nitrogen and oxygen atoms in total. The van der Waals surface area contributed by atoms with Crippen molar-refractivity contribution < 1.29 is 14.1 Å². The van der Waals surface area contributed by atoms with E-state index in [1.54, 1.807) is 12.1 Å². The smallest absolute Gasteiger partial charge is 0.399 e.